The van der Waals surface area contributed by atoms with Crippen LogP contribution < -0.4 is 10.1 Å². The molecule has 4 rings (SSSR count). The highest BCUT2D eigenvalue weighted by molar-refractivity contribution is 7.90. The van der Waals surface area contributed by atoms with Gasteiger partial charge in [-0.05, 0) is 53.1 Å². The molecule has 0 bridgehead atoms. The first-order valence-corrected chi connectivity index (χ1v) is 13.1. The quantitative estimate of drug-likeness (QED) is 0.300. The van der Waals surface area contributed by atoms with Gasteiger partial charge in [-0.1, -0.05) is 44.2 Å². The molecule has 36 heavy (non-hydrogen) atoms. The molecule has 0 radical (unpaired) electrons. The van der Waals surface area contributed by atoms with Crippen LogP contribution >= 0.6 is 0 Å². The Hall–Kier alpha value is -3.43. The Morgan fingerprint density at radius 3 is 2.31 bits per heavy atom. The van der Waals surface area contributed by atoms with E-state index in [4.69, 9.17) is 4.74 Å². The van der Waals surface area contributed by atoms with Crippen molar-refractivity contribution in [1.82, 2.24) is 10.3 Å². The Morgan fingerprint density at radius 1 is 0.972 bits per heavy atom. The van der Waals surface area contributed by atoms with Crippen LogP contribution in [0.15, 0.2) is 77.8 Å². The number of aromatic nitrogens is 1. The number of rotatable bonds is 7. The molecule has 3 aromatic carbocycles. The van der Waals surface area contributed by atoms with Crippen molar-refractivity contribution in [3.63, 3.8) is 0 Å². The van der Waals surface area contributed by atoms with Crippen LogP contribution in [0.1, 0.15) is 25.0 Å². The SMILES string of the molecule is CC(C)NCc1cnc2c(C(F)(F)F)cccc2c1-c1cccc(Oc2cccc(S(C)(=O)=O)c2)c1. The largest absolute Gasteiger partial charge is 0.457 e. The average Bonchev–Trinajstić information content (AvgIpc) is 2.81. The molecule has 4 aromatic rings. The summed E-state index contributed by atoms with van der Waals surface area (Å²) in [6, 6.07) is 17.3. The maximum Gasteiger partial charge on any atom is 0.418 e. The van der Waals surface area contributed by atoms with E-state index in [1.165, 1.54) is 24.4 Å². The molecule has 0 aliphatic rings. The van der Waals surface area contributed by atoms with E-state index < -0.39 is 21.6 Å². The van der Waals surface area contributed by atoms with E-state index in [1.807, 2.05) is 13.8 Å². The second-order valence-corrected chi connectivity index (χ2v) is 10.8. The summed E-state index contributed by atoms with van der Waals surface area (Å²) in [6.07, 6.45) is -1.95. The molecule has 0 aliphatic carbocycles. The van der Waals surface area contributed by atoms with Crippen molar-refractivity contribution in [3.05, 3.63) is 84.1 Å². The number of alkyl halides is 3. The van der Waals surface area contributed by atoms with Crippen molar-refractivity contribution in [1.29, 1.82) is 0 Å². The molecule has 0 amide bonds. The number of ether oxygens (including phenoxy) is 1. The van der Waals surface area contributed by atoms with Crippen molar-refractivity contribution in [3.8, 4) is 22.6 Å². The minimum atomic E-state index is -4.54. The first-order valence-electron chi connectivity index (χ1n) is 11.2. The van der Waals surface area contributed by atoms with Crippen LogP contribution in [-0.2, 0) is 22.6 Å². The number of nitrogens with zero attached hydrogens (tertiary/aromatic N) is 1. The number of sulfone groups is 1. The third kappa shape index (κ3) is 5.68. The number of pyridine rings is 1. The molecule has 0 fully saturated rings. The predicted octanol–water partition coefficient (Wildman–Crippen LogP) is 6.61. The lowest BCUT2D eigenvalue weighted by Gasteiger charge is -2.18. The molecule has 1 heterocycles. The molecular weight excluding hydrogens is 489 g/mol. The number of nitrogens with one attached hydrogen (secondary N) is 1. The summed E-state index contributed by atoms with van der Waals surface area (Å²) in [6.45, 7) is 4.37. The lowest BCUT2D eigenvalue weighted by molar-refractivity contribution is -0.136. The Labute approximate surface area is 207 Å². The van der Waals surface area contributed by atoms with Gasteiger partial charge >= 0.3 is 6.18 Å². The molecule has 5 nitrogen and oxygen atoms in total. The highest BCUT2D eigenvalue weighted by atomic mass is 32.2. The molecule has 0 spiro atoms. The van der Waals surface area contributed by atoms with E-state index >= 15 is 0 Å². The zero-order chi connectivity index (χ0) is 26.1. The highest BCUT2D eigenvalue weighted by Gasteiger charge is 2.33. The van der Waals surface area contributed by atoms with Crippen molar-refractivity contribution in [2.75, 3.05) is 6.26 Å². The van der Waals surface area contributed by atoms with Crippen LogP contribution in [0.5, 0.6) is 11.5 Å². The van der Waals surface area contributed by atoms with Gasteiger partial charge in [0.2, 0.25) is 0 Å². The number of benzene rings is 3. The Kier molecular flexibility index (Phi) is 7.06. The van der Waals surface area contributed by atoms with Gasteiger partial charge < -0.3 is 10.1 Å². The van der Waals surface area contributed by atoms with Gasteiger partial charge in [0.05, 0.1) is 16.0 Å². The maximum atomic E-state index is 13.7. The number of halogens is 3. The first-order chi connectivity index (χ1) is 16.9. The van der Waals surface area contributed by atoms with Crippen LogP contribution in [0, 0.1) is 0 Å². The molecule has 1 aromatic heterocycles. The molecule has 9 heteroatoms. The van der Waals surface area contributed by atoms with E-state index in [1.54, 1.807) is 42.5 Å². The van der Waals surface area contributed by atoms with Gasteiger partial charge in [-0.25, -0.2) is 8.42 Å². The fourth-order valence-corrected chi connectivity index (χ4v) is 4.56. The summed E-state index contributed by atoms with van der Waals surface area (Å²) < 4.78 is 70.9. The Balaban J connectivity index is 1.84. The number of hydrogen-bond donors (Lipinski definition) is 1. The van der Waals surface area contributed by atoms with E-state index in [0.717, 1.165) is 17.9 Å². The monoisotopic (exact) mass is 514 g/mol. The fraction of sp³-hybridized carbons (Fsp3) is 0.222. The molecule has 188 valence electrons. The summed E-state index contributed by atoms with van der Waals surface area (Å²) in [5.41, 5.74) is 1.09. The van der Waals surface area contributed by atoms with Gasteiger partial charge in [0.1, 0.15) is 11.5 Å². The zero-order valence-corrected chi connectivity index (χ0v) is 20.7. The van der Waals surface area contributed by atoms with Gasteiger partial charge in [-0.15, -0.1) is 0 Å². The van der Waals surface area contributed by atoms with E-state index in [2.05, 4.69) is 10.3 Å². The molecule has 1 N–H and O–H groups in total. The minimum absolute atomic E-state index is 0.123. The first kappa shape index (κ1) is 25.7. The predicted molar refractivity (Wildman–Crippen MR) is 134 cm³/mol. The van der Waals surface area contributed by atoms with Crippen molar-refractivity contribution < 1.29 is 26.3 Å². The van der Waals surface area contributed by atoms with Crippen LogP contribution in [0.3, 0.4) is 0 Å². The van der Waals surface area contributed by atoms with E-state index in [-0.39, 0.29) is 16.5 Å². The van der Waals surface area contributed by atoms with Gasteiger partial charge in [0.15, 0.2) is 9.84 Å². The number of fused-ring (bicyclic) bond motifs is 1. The molecule has 0 saturated carbocycles. The summed E-state index contributed by atoms with van der Waals surface area (Å²) in [5, 5.41) is 3.68. The Morgan fingerprint density at radius 2 is 1.64 bits per heavy atom. The van der Waals surface area contributed by atoms with Crippen molar-refractivity contribution >= 4 is 20.7 Å². The normalized spacial score (nSPS) is 12.3. The molecule has 0 unspecified atom stereocenters. The second-order valence-electron chi connectivity index (χ2n) is 8.77. The topological polar surface area (TPSA) is 68.3 Å². The van der Waals surface area contributed by atoms with Gasteiger partial charge in [0.25, 0.3) is 0 Å². The zero-order valence-electron chi connectivity index (χ0n) is 19.9. The van der Waals surface area contributed by atoms with E-state index in [9.17, 15) is 21.6 Å². The summed E-state index contributed by atoms with van der Waals surface area (Å²) >= 11 is 0. The minimum Gasteiger partial charge on any atom is -0.457 e. The third-order valence-electron chi connectivity index (χ3n) is 5.57. The number of hydrogen-bond acceptors (Lipinski definition) is 5. The lowest BCUT2D eigenvalue weighted by Crippen LogP contribution is -2.22. The van der Waals surface area contributed by atoms with Crippen LogP contribution in [-0.4, -0.2) is 25.7 Å². The Bertz CT molecular complexity index is 1520. The van der Waals surface area contributed by atoms with Gasteiger partial charge in [0, 0.05) is 30.4 Å². The van der Waals surface area contributed by atoms with Crippen molar-refractivity contribution in [2.24, 2.45) is 0 Å². The maximum absolute atomic E-state index is 13.7. The van der Waals surface area contributed by atoms with E-state index in [0.29, 0.717) is 34.6 Å². The molecule has 0 aliphatic heterocycles. The summed E-state index contributed by atoms with van der Waals surface area (Å²) in [7, 11) is -3.41. The third-order valence-corrected chi connectivity index (χ3v) is 6.68. The smallest absolute Gasteiger partial charge is 0.418 e. The fourth-order valence-electron chi connectivity index (χ4n) is 3.90. The lowest BCUT2D eigenvalue weighted by atomic mass is 9.94. The number of para-hydroxylation sites is 1. The second kappa shape index (κ2) is 9.91. The molecular formula is C27H25F3N2O3S. The molecule has 0 atom stereocenters. The van der Waals surface area contributed by atoms with Crippen molar-refractivity contribution in [2.45, 2.75) is 37.5 Å². The highest BCUT2D eigenvalue weighted by Crippen LogP contribution is 2.39. The average molecular weight is 515 g/mol. The van der Waals surface area contributed by atoms with Crippen LogP contribution in [0.2, 0.25) is 0 Å². The molecule has 0 saturated heterocycles. The summed E-state index contributed by atoms with van der Waals surface area (Å²) in [4.78, 5) is 4.31. The standard InChI is InChI=1S/C27H25F3N2O3S/c1-17(2)31-15-19-16-32-26-23(11-6-12-24(26)27(28,29)30)25(19)18-7-4-8-20(13-18)35-21-9-5-10-22(14-21)36(3,33)34/h4-14,16-17,31H,15H2,1-3H3. The van der Waals surface area contributed by atoms with Gasteiger partial charge in [-0.2, -0.15) is 13.2 Å². The van der Waals surface area contributed by atoms with Gasteiger partial charge in [-0.3, -0.25) is 4.98 Å². The van der Waals surface area contributed by atoms with Crippen LogP contribution in [0.25, 0.3) is 22.0 Å². The van der Waals surface area contributed by atoms with Crippen LogP contribution in [0.4, 0.5) is 13.2 Å². The summed E-state index contributed by atoms with van der Waals surface area (Å²) in [5.74, 6) is 0.744.